The van der Waals surface area contributed by atoms with Crippen LogP contribution in [-0.4, -0.2) is 0 Å². The van der Waals surface area contributed by atoms with Crippen LogP contribution >= 0.6 is 22.7 Å². The lowest BCUT2D eigenvalue weighted by Gasteiger charge is -2.26. The highest BCUT2D eigenvalue weighted by Crippen LogP contribution is 2.44. The zero-order valence-corrected chi connectivity index (χ0v) is 32.6. The Bertz CT molecular complexity index is 3050. The highest BCUT2D eigenvalue weighted by atomic mass is 32.1. The Balaban J connectivity index is 0.986. The Hall–Kier alpha value is -6.78. The van der Waals surface area contributed by atoms with Gasteiger partial charge in [0.15, 0.2) is 0 Å². The molecule has 0 amide bonds. The molecule has 1 nitrogen and oxygen atoms in total. The van der Waals surface area contributed by atoms with Crippen molar-refractivity contribution in [3.8, 4) is 44.5 Å². The van der Waals surface area contributed by atoms with Crippen molar-refractivity contribution in [3.63, 3.8) is 0 Å². The first-order valence-electron chi connectivity index (χ1n) is 19.3. The van der Waals surface area contributed by atoms with Gasteiger partial charge in [-0.15, -0.1) is 22.7 Å². The van der Waals surface area contributed by atoms with Crippen LogP contribution in [-0.2, 0) is 0 Å². The molecule has 0 bridgehead atoms. The van der Waals surface area contributed by atoms with Crippen LogP contribution in [0.1, 0.15) is 0 Å². The summed E-state index contributed by atoms with van der Waals surface area (Å²) in [5.74, 6) is 0. The van der Waals surface area contributed by atoms with Crippen molar-refractivity contribution < 1.29 is 0 Å². The smallest absolute Gasteiger partial charge is 0.0462 e. The molecule has 268 valence electrons. The van der Waals surface area contributed by atoms with E-state index in [9.17, 15) is 0 Å². The lowest BCUT2D eigenvalue weighted by Crippen LogP contribution is -2.09. The number of anilines is 3. The topological polar surface area (TPSA) is 3.24 Å². The summed E-state index contributed by atoms with van der Waals surface area (Å²) in [5, 5.41) is 5.29. The van der Waals surface area contributed by atoms with Gasteiger partial charge in [-0.1, -0.05) is 158 Å². The lowest BCUT2D eigenvalue weighted by atomic mass is 9.98. The average molecular weight is 762 g/mol. The van der Waals surface area contributed by atoms with Crippen molar-refractivity contribution in [1.82, 2.24) is 0 Å². The van der Waals surface area contributed by atoms with Gasteiger partial charge in [0.25, 0.3) is 0 Å². The van der Waals surface area contributed by atoms with Crippen molar-refractivity contribution >= 4 is 80.1 Å². The fourth-order valence-electron chi connectivity index (χ4n) is 8.29. The fourth-order valence-corrected chi connectivity index (χ4v) is 10.8. The van der Waals surface area contributed by atoms with Crippen LogP contribution in [0.25, 0.3) is 84.9 Å². The summed E-state index contributed by atoms with van der Waals surface area (Å²) in [6.45, 7) is 0. The molecule has 11 aromatic rings. The summed E-state index contributed by atoms with van der Waals surface area (Å²) >= 11 is 3.76. The van der Waals surface area contributed by atoms with Gasteiger partial charge in [0, 0.05) is 57.4 Å². The van der Waals surface area contributed by atoms with E-state index in [0.717, 1.165) is 17.1 Å². The van der Waals surface area contributed by atoms with Gasteiger partial charge in [0.1, 0.15) is 0 Å². The van der Waals surface area contributed by atoms with E-state index in [4.69, 9.17) is 0 Å². The first-order chi connectivity index (χ1) is 28.2. The molecule has 0 unspecified atom stereocenters. The van der Waals surface area contributed by atoms with E-state index >= 15 is 0 Å². The second kappa shape index (κ2) is 14.1. The molecule has 2 aromatic heterocycles. The Morgan fingerprint density at radius 3 is 1.12 bits per heavy atom. The van der Waals surface area contributed by atoms with E-state index in [0.29, 0.717) is 0 Å². The van der Waals surface area contributed by atoms with Crippen LogP contribution < -0.4 is 4.90 Å². The molecule has 9 aromatic carbocycles. The maximum absolute atomic E-state index is 2.37. The van der Waals surface area contributed by atoms with E-state index in [1.54, 1.807) is 0 Å². The minimum atomic E-state index is 1.11. The summed E-state index contributed by atoms with van der Waals surface area (Å²) in [4.78, 5) is 2.37. The number of fused-ring (bicyclic) bond motifs is 6. The molecule has 0 aliphatic heterocycles. The first-order valence-corrected chi connectivity index (χ1v) is 21.0. The molecule has 11 rings (SSSR count). The van der Waals surface area contributed by atoms with Crippen LogP contribution in [0.2, 0.25) is 0 Å². The number of rotatable bonds is 7. The van der Waals surface area contributed by atoms with Gasteiger partial charge in [-0.2, -0.15) is 0 Å². The monoisotopic (exact) mass is 761 g/mol. The zero-order valence-electron chi connectivity index (χ0n) is 31.0. The van der Waals surface area contributed by atoms with E-state index < -0.39 is 0 Å². The molecule has 0 saturated carbocycles. The Morgan fingerprint density at radius 1 is 0.263 bits per heavy atom. The highest BCUT2D eigenvalue weighted by Gasteiger charge is 2.17. The standard InChI is InChI=1S/C54H35NS2/c1-2-11-36(12-3-1)40-13-8-14-41(35-40)37-23-29-42(30-24-37)55(43-31-25-38(26-32-43)45-17-9-19-49-47-15-4-6-21-51(47)56-53(45)49)44-33-27-39(28-34-44)46-18-10-20-50-48-16-5-7-22-52(48)57-54(46)50/h1-35H. The summed E-state index contributed by atoms with van der Waals surface area (Å²) in [5.41, 5.74) is 13.1. The molecule has 0 aliphatic carbocycles. The number of thiophene rings is 2. The van der Waals surface area contributed by atoms with Crippen LogP contribution in [0.15, 0.2) is 212 Å². The molecule has 3 heteroatoms. The third kappa shape index (κ3) is 6.00. The van der Waals surface area contributed by atoms with E-state index in [2.05, 4.69) is 217 Å². The number of nitrogens with zero attached hydrogens (tertiary/aromatic N) is 1. The normalized spacial score (nSPS) is 11.5. The average Bonchev–Trinajstić information content (AvgIpc) is 3.87. The molecule has 57 heavy (non-hydrogen) atoms. The molecular formula is C54H35NS2. The van der Waals surface area contributed by atoms with E-state index in [-0.39, 0.29) is 0 Å². The van der Waals surface area contributed by atoms with Gasteiger partial charge in [0.05, 0.1) is 0 Å². The Labute approximate surface area is 340 Å². The van der Waals surface area contributed by atoms with Gasteiger partial charge in [-0.05, 0) is 99.1 Å². The van der Waals surface area contributed by atoms with Gasteiger partial charge < -0.3 is 4.90 Å². The van der Waals surface area contributed by atoms with Crippen molar-refractivity contribution in [2.75, 3.05) is 4.90 Å². The van der Waals surface area contributed by atoms with Crippen molar-refractivity contribution in [2.24, 2.45) is 0 Å². The highest BCUT2D eigenvalue weighted by molar-refractivity contribution is 7.26. The molecular weight excluding hydrogens is 727 g/mol. The van der Waals surface area contributed by atoms with Crippen LogP contribution in [0.3, 0.4) is 0 Å². The molecule has 0 fully saturated rings. The first kappa shape index (κ1) is 33.5. The van der Waals surface area contributed by atoms with Gasteiger partial charge in [-0.3, -0.25) is 0 Å². The predicted molar refractivity (Wildman–Crippen MR) is 249 cm³/mol. The van der Waals surface area contributed by atoms with Crippen LogP contribution in [0.4, 0.5) is 17.1 Å². The summed E-state index contributed by atoms with van der Waals surface area (Å²) in [7, 11) is 0. The van der Waals surface area contributed by atoms with Crippen LogP contribution in [0, 0.1) is 0 Å². The predicted octanol–water partition coefficient (Wildman–Crippen LogP) is 16.6. The van der Waals surface area contributed by atoms with Crippen molar-refractivity contribution in [1.29, 1.82) is 0 Å². The van der Waals surface area contributed by atoms with Gasteiger partial charge in [0.2, 0.25) is 0 Å². The van der Waals surface area contributed by atoms with Crippen molar-refractivity contribution in [3.05, 3.63) is 212 Å². The largest absolute Gasteiger partial charge is 0.311 e. The third-order valence-electron chi connectivity index (χ3n) is 11.1. The number of hydrogen-bond donors (Lipinski definition) is 0. The maximum atomic E-state index is 2.37. The third-order valence-corrected chi connectivity index (χ3v) is 13.5. The Kier molecular flexibility index (Phi) is 8.28. The molecule has 0 N–H and O–H groups in total. The van der Waals surface area contributed by atoms with E-state index in [1.807, 2.05) is 22.7 Å². The molecule has 2 heterocycles. The fraction of sp³-hybridized carbons (Fsp3) is 0. The number of benzene rings is 9. The molecule has 0 atom stereocenters. The SMILES string of the molecule is c1ccc(-c2cccc(-c3ccc(N(c4ccc(-c5cccc6c5sc5ccccc56)cc4)c4ccc(-c5cccc6c5sc5ccccc56)cc4)cc3)c2)cc1. The quantitative estimate of drug-likeness (QED) is 0.156. The molecule has 0 saturated heterocycles. The lowest BCUT2D eigenvalue weighted by molar-refractivity contribution is 1.28. The molecule has 0 spiro atoms. The zero-order chi connectivity index (χ0) is 37.7. The van der Waals surface area contributed by atoms with E-state index in [1.165, 1.54) is 84.9 Å². The number of hydrogen-bond acceptors (Lipinski definition) is 3. The molecule has 0 radical (unpaired) electrons. The summed E-state index contributed by atoms with van der Waals surface area (Å²) < 4.78 is 5.31. The molecule has 0 aliphatic rings. The second-order valence-corrected chi connectivity index (χ2v) is 16.6. The minimum absolute atomic E-state index is 1.11. The van der Waals surface area contributed by atoms with Gasteiger partial charge >= 0.3 is 0 Å². The van der Waals surface area contributed by atoms with Crippen LogP contribution in [0.5, 0.6) is 0 Å². The minimum Gasteiger partial charge on any atom is -0.311 e. The maximum Gasteiger partial charge on any atom is 0.0462 e. The summed E-state index contributed by atoms with van der Waals surface area (Å²) in [6, 6.07) is 77.5. The van der Waals surface area contributed by atoms with Crippen molar-refractivity contribution in [2.45, 2.75) is 0 Å². The second-order valence-electron chi connectivity index (χ2n) is 14.5. The summed E-state index contributed by atoms with van der Waals surface area (Å²) in [6.07, 6.45) is 0. The Morgan fingerprint density at radius 2 is 0.632 bits per heavy atom. The van der Waals surface area contributed by atoms with Gasteiger partial charge in [-0.25, -0.2) is 0 Å².